The fraction of sp³-hybridized carbons (Fsp3) is 0.562. The topological polar surface area (TPSA) is 32.5 Å². The van der Waals surface area contributed by atoms with E-state index in [1.54, 1.807) is 12.1 Å². The van der Waals surface area contributed by atoms with Crippen LogP contribution in [0, 0.1) is 11.7 Å². The van der Waals surface area contributed by atoms with Gasteiger partial charge in [-0.25, -0.2) is 4.39 Å². The predicted molar refractivity (Wildman–Crippen MR) is 88.8 cm³/mol. The predicted octanol–water partition coefficient (Wildman–Crippen LogP) is 2.23. The van der Waals surface area contributed by atoms with Crippen molar-refractivity contribution in [3.8, 4) is 0 Å². The maximum Gasteiger partial charge on any atom is 0.127 e. The van der Waals surface area contributed by atoms with E-state index in [-0.39, 0.29) is 5.82 Å². The second-order valence-electron chi connectivity index (χ2n) is 6.11. The molecule has 1 aromatic rings. The van der Waals surface area contributed by atoms with Crippen molar-refractivity contribution < 1.29 is 4.39 Å². The van der Waals surface area contributed by atoms with Gasteiger partial charge in [-0.3, -0.25) is 0 Å². The minimum atomic E-state index is -0.190. The summed E-state index contributed by atoms with van der Waals surface area (Å²) in [6.07, 6.45) is 2.44. The summed E-state index contributed by atoms with van der Waals surface area (Å²) in [5.74, 6) is 0.512. The Balaban J connectivity index is 1.94. The Morgan fingerprint density at radius 3 is 2.71 bits per heavy atom. The molecule has 0 amide bonds. The number of benzene rings is 1. The largest absolute Gasteiger partial charge is 0.389 e. The Labute approximate surface area is 131 Å². The first kappa shape index (κ1) is 16.3. The van der Waals surface area contributed by atoms with Crippen LogP contribution in [-0.2, 0) is 6.54 Å². The number of piperidine rings is 1. The third kappa shape index (κ3) is 4.73. The highest BCUT2D eigenvalue weighted by atomic mass is 32.1. The zero-order chi connectivity index (χ0) is 15.4. The van der Waals surface area contributed by atoms with Gasteiger partial charge in [-0.15, -0.1) is 0 Å². The van der Waals surface area contributed by atoms with Crippen LogP contribution in [0.4, 0.5) is 4.39 Å². The molecule has 2 rings (SSSR count). The molecule has 0 saturated carbocycles. The number of halogens is 1. The third-order valence-corrected chi connectivity index (χ3v) is 4.41. The molecule has 0 aliphatic carbocycles. The molecule has 21 heavy (non-hydrogen) atoms. The van der Waals surface area contributed by atoms with Gasteiger partial charge >= 0.3 is 0 Å². The summed E-state index contributed by atoms with van der Waals surface area (Å²) in [4.78, 5) is 4.87. The van der Waals surface area contributed by atoms with Crippen molar-refractivity contribution in [3.63, 3.8) is 0 Å². The van der Waals surface area contributed by atoms with E-state index >= 15 is 0 Å². The summed E-state index contributed by atoms with van der Waals surface area (Å²) in [6, 6.07) is 4.86. The molecule has 1 aliphatic rings. The van der Waals surface area contributed by atoms with Crippen molar-refractivity contribution in [1.29, 1.82) is 0 Å². The van der Waals surface area contributed by atoms with E-state index in [1.807, 2.05) is 7.05 Å². The molecule has 0 aromatic heterocycles. The summed E-state index contributed by atoms with van der Waals surface area (Å²) < 4.78 is 13.9. The standard InChI is InChI=1S/C16H24FN3S/c1-19-7-5-12(6-8-19)10-20(2)11-14-9-13(16(18)21)3-4-15(14)17/h3-4,9,12H,5-8,10-11H2,1-2H3,(H2,18,21). The zero-order valence-corrected chi connectivity index (χ0v) is 13.6. The lowest BCUT2D eigenvalue weighted by Crippen LogP contribution is -2.35. The molecule has 116 valence electrons. The van der Waals surface area contributed by atoms with Gasteiger partial charge in [0.15, 0.2) is 0 Å². The van der Waals surface area contributed by atoms with Gasteiger partial charge < -0.3 is 15.5 Å². The van der Waals surface area contributed by atoms with Gasteiger partial charge in [-0.05, 0) is 64.1 Å². The summed E-state index contributed by atoms with van der Waals surface area (Å²) in [5, 5.41) is 0. The highest BCUT2D eigenvalue weighted by Gasteiger charge is 2.18. The molecule has 0 radical (unpaired) electrons. The molecule has 1 saturated heterocycles. The van der Waals surface area contributed by atoms with Crippen LogP contribution < -0.4 is 5.73 Å². The van der Waals surface area contributed by atoms with Crippen LogP contribution in [0.5, 0.6) is 0 Å². The van der Waals surface area contributed by atoms with Crippen molar-refractivity contribution in [2.24, 2.45) is 11.7 Å². The summed E-state index contributed by atoms with van der Waals surface area (Å²) in [6.45, 7) is 3.91. The first-order valence-corrected chi connectivity index (χ1v) is 7.82. The van der Waals surface area contributed by atoms with E-state index in [2.05, 4.69) is 16.8 Å². The second kappa shape index (κ2) is 7.29. The first-order chi connectivity index (χ1) is 9.95. The molecule has 1 aliphatic heterocycles. The van der Waals surface area contributed by atoms with Crippen molar-refractivity contribution in [2.45, 2.75) is 19.4 Å². The SMILES string of the molecule is CN1CCC(CN(C)Cc2cc(C(N)=S)ccc2F)CC1. The Kier molecular flexibility index (Phi) is 5.67. The van der Waals surface area contributed by atoms with E-state index < -0.39 is 0 Å². The van der Waals surface area contributed by atoms with Crippen LogP contribution in [0.15, 0.2) is 18.2 Å². The lowest BCUT2D eigenvalue weighted by molar-refractivity contribution is 0.172. The van der Waals surface area contributed by atoms with Gasteiger partial charge in [0, 0.05) is 24.2 Å². The molecule has 5 heteroatoms. The Morgan fingerprint density at radius 2 is 2.10 bits per heavy atom. The number of likely N-dealkylation sites (tertiary alicyclic amines) is 1. The van der Waals surface area contributed by atoms with Crippen molar-refractivity contribution in [3.05, 3.63) is 35.1 Å². The molecule has 1 fully saturated rings. The molecule has 0 atom stereocenters. The highest BCUT2D eigenvalue weighted by molar-refractivity contribution is 7.80. The van der Waals surface area contributed by atoms with E-state index in [4.69, 9.17) is 18.0 Å². The third-order valence-electron chi connectivity index (χ3n) is 4.18. The van der Waals surface area contributed by atoms with Gasteiger partial charge in [0.2, 0.25) is 0 Å². The lowest BCUT2D eigenvalue weighted by atomic mass is 9.96. The normalized spacial score (nSPS) is 17.3. The van der Waals surface area contributed by atoms with Crippen LogP contribution in [0.25, 0.3) is 0 Å². The van der Waals surface area contributed by atoms with E-state index in [1.165, 1.54) is 18.9 Å². The molecule has 0 bridgehead atoms. The molecule has 0 spiro atoms. The maximum absolute atomic E-state index is 13.9. The van der Waals surface area contributed by atoms with Gasteiger partial charge in [0.25, 0.3) is 0 Å². The molecule has 1 aromatic carbocycles. The van der Waals surface area contributed by atoms with Gasteiger partial charge in [-0.2, -0.15) is 0 Å². The minimum Gasteiger partial charge on any atom is -0.389 e. The van der Waals surface area contributed by atoms with Gasteiger partial charge in [0.05, 0.1) is 0 Å². The average molecular weight is 309 g/mol. The summed E-state index contributed by atoms with van der Waals surface area (Å²) >= 11 is 4.96. The fourth-order valence-corrected chi connectivity index (χ4v) is 3.02. The van der Waals surface area contributed by atoms with Crippen LogP contribution in [0.2, 0.25) is 0 Å². The number of nitrogens with zero attached hydrogens (tertiary/aromatic N) is 2. The van der Waals surface area contributed by atoms with Crippen molar-refractivity contribution >= 4 is 17.2 Å². The van der Waals surface area contributed by atoms with Gasteiger partial charge in [0.1, 0.15) is 10.8 Å². The molecule has 0 unspecified atom stereocenters. The smallest absolute Gasteiger partial charge is 0.127 e. The van der Waals surface area contributed by atoms with Crippen LogP contribution in [0.3, 0.4) is 0 Å². The van der Waals surface area contributed by atoms with Crippen LogP contribution in [0.1, 0.15) is 24.0 Å². The van der Waals surface area contributed by atoms with E-state index in [0.717, 1.165) is 25.2 Å². The van der Waals surface area contributed by atoms with Crippen molar-refractivity contribution in [1.82, 2.24) is 9.80 Å². The molecular weight excluding hydrogens is 285 g/mol. The lowest BCUT2D eigenvalue weighted by Gasteiger charge is -2.31. The second-order valence-corrected chi connectivity index (χ2v) is 6.55. The maximum atomic E-state index is 13.9. The Morgan fingerprint density at radius 1 is 1.43 bits per heavy atom. The number of thiocarbonyl (C=S) groups is 1. The molecule has 2 N–H and O–H groups in total. The van der Waals surface area contributed by atoms with Crippen LogP contribution >= 0.6 is 12.2 Å². The fourth-order valence-electron chi connectivity index (χ4n) is 2.89. The summed E-state index contributed by atoms with van der Waals surface area (Å²) in [5.41, 5.74) is 7.01. The first-order valence-electron chi connectivity index (χ1n) is 7.41. The molecular formula is C16H24FN3S. The zero-order valence-electron chi connectivity index (χ0n) is 12.8. The van der Waals surface area contributed by atoms with E-state index in [0.29, 0.717) is 23.0 Å². The number of nitrogens with two attached hydrogens (primary N) is 1. The quantitative estimate of drug-likeness (QED) is 0.846. The van der Waals surface area contributed by atoms with Crippen LogP contribution in [-0.4, -0.2) is 48.5 Å². The Hall–Kier alpha value is -1.04. The molecule has 1 heterocycles. The number of hydrogen-bond donors (Lipinski definition) is 1. The van der Waals surface area contributed by atoms with Crippen molar-refractivity contribution in [2.75, 3.05) is 33.7 Å². The number of rotatable bonds is 5. The van der Waals surface area contributed by atoms with E-state index in [9.17, 15) is 4.39 Å². The monoisotopic (exact) mass is 309 g/mol. The summed E-state index contributed by atoms with van der Waals surface area (Å²) in [7, 11) is 4.21. The Bertz CT molecular complexity index is 498. The number of hydrogen-bond acceptors (Lipinski definition) is 3. The van der Waals surface area contributed by atoms with Gasteiger partial charge in [-0.1, -0.05) is 12.2 Å². The highest BCUT2D eigenvalue weighted by Crippen LogP contribution is 2.19. The minimum absolute atomic E-state index is 0.190. The molecule has 3 nitrogen and oxygen atoms in total. The average Bonchev–Trinajstić information content (AvgIpc) is 2.43.